The SMILES string of the molecule is Cc1ccccc1NC(=O)Nc1ccc(CC(=O)N(CCC(C)C)CC(=O)N(CCC(=O)O)CCc2ccccc2)cc1. The van der Waals surface area contributed by atoms with Gasteiger partial charge in [0.1, 0.15) is 0 Å². The van der Waals surface area contributed by atoms with E-state index in [9.17, 15) is 24.3 Å². The third-order valence-electron chi connectivity index (χ3n) is 7.08. The summed E-state index contributed by atoms with van der Waals surface area (Å²) in [6.45, 7) is 6.80. The van der Waals surface area contributed by atoms with Gasteiger partial charge in [0, 0.05) is 31.0 Å². The Morgan fingerprint density at radius 2 is 1.42 bits per heavy atom. The normalized spacial score (nSPS) is 10.7. The number of hydrogen-bond donors (Lipinski definition) is 3. The maximum atomic E-state index is 13.4. The lowest BCUT2D eigenvalue weighted by Gasteiger charge is -2.28. The molecule has 0 heterocycles. The highest BCUT2D eigenvalue weighted by Gasteiger charge is 2.22. The Hall–Kier alpha value is -4.66. The highest BCUT2D eigenvalue weighted by molar-refractivity contribution is 6.00. The van der Waals surface area contributed by atoms with Crippen LogP contribution in [0, 0.1) is 12.8 Å². The van der Waals surface area contributed by atoms with Gasteiger partial charge >= 0.3 is 12.0 Å². The van der Waals surface area contributed by atoms with Crippen molar-refractivity contribution in [3.8, 4) is 0 Å². The van der Waals surface area contributed by atoms with Crippen molar-refractivity contribution in [2.24, 2.45) is 5.92 Å². The molecular weight excluding hydrogens is 544 g/mol. The summed E-state index contributed by atoms with van der Waals surface area (Å²) in [7, 11) is 0. The minimum absolute atomic E-state index is 0.0824. The van der Waals surface area contributed by atoms with Crippen LogP contribution >= 0.6 is 0 Å². The fraction of sp³-hybridized carbons (Fsp3) is 0.353. The Balaban J connectivity index is 1.63. The van der Waals surface area contributed by atoms with Gasteiger partial charge in [-0.3, -0.25) is 14.4 Å². The number of carboxylic acids is 1. The maximum Gasteiger partial charge on any atom is 0.323 e. The third kappa shape index (κ3) is 11.6. The maximum absolute atomic E-state index is 13.4. The summed E-state index contributed by atoms with van der Waals surface area (Å²) in [5.41, 5.74) is 4.06. The van der Waals surface area contributed by atoms with Crippen LogP contribution in [0.4, 0.5) is 16.2 Å². The van der Waals surface area contributed by atoms with Gasteiger partial charge in [-0.25, -0.2) is 4.79 Å². The Labute approximate surface area is 253 Å². The number of anilines is 2. The summed E-state index contributed by atoms with van der Waals surface area (Å²) in [6.07, 6.45) is 1.26. The van der Waals surface area contributed by atoms with Crippen molar-refractivity contribution in [3.63, 3.8) is 0 Å². The lowest BCUT2D eigenvalue weighted by atomic mass is 10.1. The Morgan fingerprint density at radius 3 is 2.07 bits per heavy atom. The topological polar surface area (TPSA) is 119 Å². The smallest absolute Gasteiger partial charge is 0.323 e. The molecule has 0 spiro atoms. The number of aliphatic carboxylic acids is 1. The summed E-state index contributed by atoms with van der Waals surface area (Å²) in [5, 5.41) is 14.8. The molecule has 3 aromatic carbocycles. The van der Waals surface area contributed by atoms with Gasteiger partial charge in [-0.1, -0.05) is 74.5 Å². The quantitative estimate of drug-likeness (QED) is 0.214. The molecule has 43 heavy (non-hydrogen) atoms. The molecule has 3 N–H and O–H groups in total. The summed E-state index contributed by atoms with van der Waals surface area (Å²) in [5.74, 6) is -1.10. The lowest BCUT2D eigenvalue weighted by molar-refractivity contribution is -0.142. The molecule has 0 fully saturated rings. The van der Waals surface area contributed by atoms with Crippen molar-refractivity contribution in [1.29, 1.82) is 0 Å². The minimum Gasteiger partial charge on any atom is -0.481 e. The minimum atomic E-state index is -0.976. The van der Waals surface area contributed by atoms with Crippen molar-refractivity contribution < 1.29 is 24.3 Å². The van der Waals surface area contributed by atoms with E-state index in [1.165, 1.54) is 0 Å². The second-order valence-corrected chi connectivity index (χ2v) is 11.0. The van der Waals surface area contributed by atoms with Gasteiger partial charge in [-0.2, -0.15) is 0 Å². The van der Waals surface area contributed by atoms with E-state index in [1.807, 2.05) is 61.5 Å². The van der Waals surface area contributed by atoms with E-state index >= 15 is 0 Å². The average Bonchev–Trinajstić information content (AvgIpc) is 2.97. The van der Waals surface area contributed by atoms with Gasteiger partial charge in [0.05, 0.1) is 19.4 Å². The number of rotatable bonds is 15. The predicted molar refractivity (Wildman–Crippen MR) is 169 cm³/mol. The molecule has 3 rings (SSSR count). The molecule has 0 saturated heterocycles. The summed E-state index contributed by atoms with van der Waals surface area (Å²) in [4.78, 5) is 53.6. The van der Waals surface area contributed by atoms with Crippen molar-refractivity contribution in [2.45, 2.75) is 46.5 Å². The fourth-order valence-corrected chi connectivity index (χ4v) is 4.46. The second-order valence-electron chi connectivity index (χ2n) is 11.0. The molecule has 0 radical (unpaired) electrons. The molecule has 0 aliphatic heterocycles. The monoisotopic (exact) mass is 586 g/mol. The van der Waals surface area contributed by atoms with Crippen LogP contribution in [0.2, 0.25) is 0 Å². The number of carbonyl (C=O) groups is 4. The van der Waals surface area contributed by atoms with Crippen LogP contribution in [-0.4, -0.2) is 64.9 Å². The number of amides is 4. The molecule has 3 aromatic rings. The molecule has 228 valence electrons. The van der Waals surface area contributed by atoms with Crippen LogP contribution in [0.25, 0.3) is 0 Å². The van der Waals surface area contributed by atoms with Crippen LogP contribution in [0.3, 0.4) is 0 Å². The first kappa shape index (κ1) is 32.8. The van der Waals surface area contributed by atoms with Crippen LogP contribution in [0.1, 0.15) is 43.4 Å². The van der Waals surface area contributed by atoms with E-state index in [4.69, 9.17) is 0 Å². The van der Waals surface area contributed by atoms with Gasteiger partial charge < -0.3 is 25.5 Å². The van der Waals surface area contributed by atoms with Crippen molar-refractivity contribution in [3.05, 3.63) is 95.6 Å². The zero-order valence-electron chi connectivity index (χ0n) is 25.2. The Morgan fingerprint density at radius 1 is 0.744 bits per heavy atom. The molecule has 0 aliphatic carbocycles. The lowest BCUT2D eigenvalue weighted by Crippen LogP contribution is -2.45. The molecule has 0 saturated carbocycles. The molecule has 0 aromatic heterocycles. The standard InChI is InChI=1S/C34H42N4O5/c1-25(2)17-20-38(24-32(40)37(22-19-33(41)42)21-18-27-10-5-4-6-11-27)31(39)23-28-13-15-29(16-14-28)35-34(43)36-30-12-8-7-9-26(30)3/h4-16,25H,17-24H2,1-3H3,(H,41,42)(H2,35,36,43). The van der Waals surface area contributed by atoms with Crippen molar-refractivity contribution in [2.75, 3.05) is 36.8 Å². The van der Waals surface area contributed by atoms with Gasteiger partial charge in [-0.05, 0) is 60.6 Å². The molecule has 0 aliphatic rings. The van der Waals surface area contributed by atoms with Crippen molar-refractivity contribution in [1.82, 2.24) is 9.80 Å². The van der Waals surface area contributed by atoms with E-state index in [-0.39, 0.29) is 43.8 Å². The number of nitrogens with zero attached hydrogens (tertiary/aromatic N) is 2. The number of carboxylic acid groups (broad SMARTS) is 1. The number of hydrogen-bond acceptors (Lipinski definition) is 4. The van der Waals surface area contributed by atoms with Crippen LogP contribution in [0.15, 0.2) is 78.9 Å². The van der Waals surface area contributed by atoms with Gasteiger partial charge in [0.15, 0.2) is 0 Å². The number of urea groups is 1. The molecule has 0 bridgehead atoms. The molecule has 0 atom stereocenters. The summed E-state index contributed by atoms with van der Waals surface area (Å²) >= 11 is 0. The zero-order chi connectivity index (χ0) is 31.2. The number of aryl methyl sites for hydroxylation is 1. The van der Waals surface area contributed by atoms with Crippen LogP contribution < -0.4 is 10.6 Å². The van der Waals surface area contributed by atoms with Crippen molar-refractivity contribution >= 4 is 35.2 Å². The highest BCUT2D eigenvalue weighted by Crippen LogP contribution is 2.16. The molecule has 0 unspecified atom stereocenters. The van der Waals surface area contributed by atoms with Gasteiger partial charge in [0.2, 0.25) is 11.8 Å². The Kier molecular flexibility index (Phi) is 12.8. The predicted octanol–water partition coefficient (Wildman–Crippen LogP) is 5.60. The first-order chi connectivity index (χ1) is 20.6. The molecule has 4 amide bonds. The zero-order valence-corrected chi connectivity index (χ0v) is 25.2. The number of carbonyl (C=O) groups excluding carboxylic acids is 3. The summed E-state index contributed by atoms with van der Waals surface area (Å²) in [6, 6.07) is 23.9. The number of para-hydroxylation sites is 1. The van der Waals surface area contributed by atoms with Crippen LogP contribution in [-0.2, 0) is 27.2 Å². The summed E-state index contributed by atoms with van der Waals surface area (Å²) < 4.78 is 0. The molecule has 9 nitrogen and oxygen atoms in total. The molecule has 9 heteroatoms. The number of nitrogens with one attached hydrogen (secondary N) is 2. The highest BCUT2D eigenvalue weighted by atomic mass is 16.4. The van der Waals surface area contributed by atoms with E-state index in [0.29, 0.717) is 31.1 Å². The number of benzene rings is 3. The fourth-order valence-electron chi connectivity index (χ4n) is 4.46. The second kappa shape index (κ2) is 16.7. The van der Waals surface area contributed by atoms with Crippen LogP contribution in [0.5, 0.6) is 0 Å². The van der Waals surface area contributed by atoms with E-state index in [1.54, 1.807) is 34.1 Å². The first-order valence-electron chi connectivity index (χ1n) is 14.6. The van der Waals surface area contributed by atoms with E-state index in [2.05, 4.69) is 24.5 Å². The third-order valence-corrected chi connectivity index (χ3v) is 7.08. The van der Waals surface area contributed by atoms with Gasteiger partial charge in [0.25, 0.3) is 0 Å². The van der Waals surface area contributed by atoms with E-state index < -0.39 is 5.97 Å². The van der Waals surface area contributed by atoms with Gasteiger partial charge in [-0.15, -0.1) is 0 Å². The van der Waals surface area contributed by atoms with E-state index in [0.717, 1.165) is 28.8 Å². The largest absolute Gasteiger partial charge is 0.481 e. The Bertz CT molecular complexity index is 1360. The first-order valence-corrected chi connectivity index (χ1v) is 14.6. The average molecular weight is 587 g/mol. The molecular formula is C34H42N4O5.